The Labute approximate surface area is 242 Å². The van der Waals surface area contributed by atoms with E-state index in [1.807, 2.05) is 25.1 Å². The van der Waals surface area contributed by atoms with E-state index in [-0.39, 0.29) is 34.4 Å². The van der Waals surface area contributed by atoms with E-state index in [9.17, 15) is 10.1 Å². The molecule has 0 unspecified atom stereocenters. The number of nitrogens with zero attached hydrogens (tertiary/aromatic N) is 6. The number of carbonyl (C=O) groups is 1. The highest BCUT2D eigenvalue weighted by atomic mass is 19.1. The molecule has 2 aliphatic rings. The molecule has 0 spiro atoms. The van der Waals surface area contributed by atoms with Crippen LogP contribution in [0.4, 0.5) is 10.2 Å². The number of amides is 1. The minimum absolute atomic E-state index is 0.151. The highest BCUT2D eigenvalue weighted by Gasteiger charge is 2.42. The van der Waals surface area contributed by atoms with Crippen LogP contribution in [0.3, 0.4) is 0 Å². The number of nitrogens with two attached hydrogens (primary N) is 1. The number of aromatic nitrogens is 4. The number of para-hydroxylation sites is 1. The van der Waals surface area contributed by atoms with Crippen LogP contribution in [-0.2, 0) is 11.3 Å². The Balaban J connectivity index is 1.29. The zero-order chi connectivity index (χ0) is 29.3. The summed E-state index contributed by atoms with van der Waals surface area (Å²) in [6, 6.07) is 15.6. The molecule has 1 atom stereocenters. The summed E-state index contributed by atoms with van der Waals surface area (Å²) in [5.41, 5.74) is 7.12. The van der Waals surface area contributed by atoms with Crippen LogP contribution in [0.5, 0.6) is 11.5 Å². The predicted molar refractivity (Wildman–Crippen MR) is 156 cm³/mol. The van der Waals surface area contributed by atoms with Gasteiger partial charge >= 0.3 is 0 Å². The summed E-state index contributed by atoms with van der Waals surface area (Å²) in [7, 11) is 0. The highest BCUT2D eigenvalue weighted by molar-refractivity contribution is 5.99. The molecule has 1 saturated carbocycles. The van der Waals surface area contributed by atoms with E-state index in [2.05, 4.69) is 21.4 Å². The molecule has 214 valence electrons. The van der Waals surface area contributed by atoms with Crippen molar-refractivity contribution in [3.05, 3.63) is 72.3 Å². The maximum Gasteiger partial charge on any atom is 0.264 e. The van der Waals surface area contributed by atoms with Crippen LogP contribution in [0.1, 0.15) is 32.6 Å². The lowest BCUT2D eigenvalue weighted by atomic mass is 10.1. The van der Waals surface area contributed by atoms with E-state index in [4.69, 9.17) is 15.6 Å². The number of likely N-dealkylation sites (tertiary alicyclic amines) is 1. The second-order valence-electron chi connectivity index (χ2n) is 10.7. The molecule has 3 N–H and O–H groups in total. The summed E-state index contributed by atoms with van der Waals surface area (Å²) >= 11 is 0. The third kappa shape index (κ3) is 5.29. The Kier molecular flexibility index (Phi) is 7.31. The molecule has 0 bridgehead atoms. The quantitative estimate of drug-likeness (QED) is 0.222. The van der Waals surface area contributed by atoms with Crippen LogP contribution in [0.2, 0.25) is 0 Å². The molecule has 1 saturated heterocycles. The minimum atomic E-state index is -0.533. The van der Waals surface area contributed by atoms with Crippen molar-refractivity contribution in [2.45, 2.75) is 50.7 Å². The number of rotatable bonds is 9. The molecule has 2 aromatic carbocycles. The molecule has 1 aliphatic carbocycles. The van der Waals surface area contributed by atoms with Gasteiger partial charge in [-0.1, -0.05) is 25.1 Å². The first-order chi connectivity index (χ1) is 20.4. The van der Waals surface area contributed by atoms with Crippen LogP contribution in [-0.4, -0.2) is 55.2 Å². The van der Waals surface area contributed by atoms with E-state index >= 15 is 4.39 Å². The fourth-order valence-corrected chi connectivity index (χ4v) is 5.65. The minimum Gasteiger partial charge on any atom is -0.457 e. The highest BCUT2D eigenvalue weighted by Crippen LogP contribution is 2.38. The van der Waals surface area contributed by atoms with E-state index in [0.29, 0.717) is 41.3 Å². The number of hydrogen-bond donors (Lipinski definition) is 2. The number of hydrogen-bond acceptors (Lipinski definition) is 8. The monoisotopic (exact) mass is 566 g/mol. The zero-order valence-corrected chi connectivity index (χ0v) is 23.3. The number of likely N-dealkylation sites (N-methyl/N-ethyl adjacent to an activating group) is 1. The molecular weight excluding hydrogens is 535 g/mol. The van der Waals surface area contributed by atoms with Gasteiger partial charge in [0.2, 0.25) is 0 Å². The SMILES string of the molecule is CCNC1(C=C(C#N)C(=O)N2CCC[C@H]2Cn2nc(-c3ccc(Oc4ccccc4)cc3F)c3c(N)ncnc32)CC1. The zero-order valence-electron chi connectivity index (χ0n) is 23.3. The number of benzene rings is 2. The van der Waals surface area contributed by atoms with E-state index in [0.717, 1.165) is 32.2 Å². The Morgan fingerprint density at radius 1 is 1.24 bits per heavy atom. The molecule has 3 heterocycles. The molecule has 2 aromatic heterocycles. The number of nitriles is 1. The molecule has 0 radical (unpaired) electrons. The fraction of sp³-hybridized carbons (Fsp3) is 0.323. The topological polar surface area (TPSA) is 135 Å². The van der Waals surface area contributed by atoms with Crippen molar-refractivity contribution in [2.24, 2.45) is 0 Å². The smallest absolute Gasteiger partial charge is 0.264 e. The normalized spacial score (nSPS) is 17.8. The summed E-state index contributed by atoms with van der Waals surface area (Å²) < 4.78 is 22.9. The van der Waals surface area contributed by atoms with Gasteiger partial charge in [0, 0.05) is 23.7 Å². The number of carbonyl (C=O) groups excluding carboxylic acids is 1. The average molecular weight is 567 g/mol. The molecule has 1 aliphatic heterocycles. The summed E-state index contributed by atoms with van der Waals surface area (Å²) in [4.78, 5) is 23.8. The predicted octanol–water partition coefficient (Wildman–Crippen LogP) is 4.59. The third-order valence-electron chi connectivity index (χ3n) is 7.84. The van der Waals surface area contributed by atoms with Gasteiger partial charge in [-0.05, 0) is 62.6 Å². The molecule has 2 fully saturated rings. The van der Waals surface area contributed by atoms with Crippen molar-refractivity contribution < 1.29 is 13.9 Å². The number of nitrogen functional groups attached to an aromatic ring is 1. The summed E-state index contributed by atoms with van der Waals surface area (Å²) in [5, 5.41) is 18.4. The molecular formula is C31H31FN8O2. The van der Waals surface area contributed by atoms with E-state index in [1.54, 1.807) is 39.9 Å². The van der Waals surface area contributed by atoms with Crippen molar-refractivity contribution in [3.63, 3.8) is 0 Å². The maximum atomic E-state index is 15.5. The molecule has 6 rings (SSSR count). The van der Waals surface area contributed by atoms with Gasteiger partial charge in [-0.3, -0.25) is 4.79 Å². The first kappa shape index (κ1) is 27.4. The molecule has 11 heteroatoms. The van der Waals surface area contributed by atoms with Gasteiger partial charge < -0.3 is 20.7 Å². The number of nitrogens with one attached hydrogen (secondary N) is 1. The Hall–Kier alpha value is -4.82. The second-order valence-corrected chi connectivity index (χ2v) is 10.7. The number of anilines is 1. The number of fused-ring (bicyclic) bond motifs is 1. The first-order valence-electron chi connectivity index (χ1n) is 14.1. The van der Waals surface area contributed by atoms with Crippen LogP contribution in [0, 0.1) is 17.1 Å². The molecule has 10 nitrogen and oxygen atoms in total. The Bertz CT molecular complexity index is 1710. The number of halogens is 1. The lowest BCUT2D eigenvalue weighted by molar-refractivity contribution is -0.127. The van der Waals surface area contributed by atoms with Crippen LogP contribution in [0.25, 0.3) is 22.3 Å². The summed E-state index contributed by atoms with van der Waals surface area (Å²) in [6.45, 7) is 3.62. The summed E-state index contributed by atoms with van der Waals surface area (Å²) in [6.07, 6.45) is 6.48. The Morgan fingerprint density at radius 3 is 2.76 bits per heavy atom. The third-order valence-corrected chi connectivity index (χ3v) is 7.84. The lowest BCUT2D eigenvalue weighted by Gasteiger charge is -2.25. The molecule has 42 heavy (non-hydrogen) atoms. The van der Waals surface area contributed by atoms with E-state index in [1.165, 1.54) is 12.4 Å². The van der Waals surface area contributed by atoms with Crippen molar-refractivity contribution in [1.29, 1.82) is 5.26 Å². The van der Waals surface area contributed by atoms with E-state index < -0.39 is 5.82 Å². The summed E-state index contributed by atoms with van der Waals surface area (Å²) in [5.74, 6) is 0.303. The lowest BCUT2D eigenvalue weighted by Crippen LogP contribution is -2.40. The largest absolute Gasteiger partial charge is 0.457 e. The first-order valence-corrected chi connectivity index (χ1v) is 14.1. The maximum absolute atomic E-state index is 15.5. The number of ether oxygens (including phenoxy) is 1. The van der Waals surface area contributed by atoms with Crippen LogP contribution >= 0.6 is 0 Å². The van der Waals surface area contributed by atoms with Crippen molar-refractivity contribution >= 4 is 22.8 Å². The van der Waals surface area contributed by atoms with Gasteiger partial charge in [-0.15, -0.1) is 0 Å². The van der Waals surface area contributed by atoms with Gasteiger partial charge in [0.1, 0.15) is 46.8 Å². The van der Waals surface area contributed by atoms with Gasteiger partial charge in [0.15, 0.2) is 5.65 Å². The van der Waals surface area contributed by atoms with Gasteiger partial charge in [0.25, 0.3) is 5.91 Å². The van der Waals surface area contributed by atoms with Crippen molar-refractivity contribution in [1.82, 2.24) is 30.0 Å². The molecule has 4 aromatic rings. The van der Waals surface area contributed by atoms with Crippen LogP contribution in [0.15, 0.2) is 66.5 Å². The van der Waals surface area contributed by atoms with Crippen LogP contribution < -0.4 is 15.8 Å². The Morgan fingerprint density at radius 2 is 2.05 bits per heavy atom. The van der Waals surface area contributed by atoms with Crippen molar-refractivity contribution in [3.8, 4) is 28.8 Å². The van der Waals surface area contributed by atoms with Gasteiger partial charge in [-0.25, -0.2) is 19.0 Å². The van der Waals surface area contributed by atoms with Gasteiger partial charge in [0.05, 0.1) is 18.0 Å². The van der Waals surface area contributed by atoms with Crippen molar-refractivity contribution in [2.75, 3.05) is 18.8 Å². The fourth-order valence-electron chi connectivity index (χ4n) is 5.65. The second kappa shape index (κ2) is 11.2. The van der Waals surface area contributed by atoms with Gasteiger partial charge in [-0.2, -0.15) is 10.4 Å². The average Bonchev–Trinajstić information content (AvgIpc) is 3.41. The molecule has 1 amide bonds. The standard InChI is InChI=1S/C31H31FN8O2/c1-2-37-31(12-13-31)16-20(17-33)30(41)39-14-6-7-21(39)18-40-29-26(28(34)35-19-36-29)27(38-40)24-11-10-23(15-25(24)32)42-22-8-4-3-5-9-22/h3-5,8-11,15-16,19,21,37H,2,6-7,12-14,18H2,1H3,(H2,34,35,36)/t21-/m0/s1.